The minimum absolute atomic E-state index is 0.317. The van der Waals surface area contributed by atoms with Gasteiger partial charge >= 0.3 is 0 Å². The Kier molecular flexibility index (Phi) is 2.00. The molecule has 1 aliphatic heterocycles. The standard InChI is InChI=1S/C9H16N4/c1-7-5-12(2)9(11-7)13-4-3-8(10)6-13/h5,8H,3-4,6,10H2,1-2H3. The first-order chi connectivity index (χ1) is 6.16. The predicted molar refractivity (Wildman–Crippen MR) is 52.8 cm³/mol. The van der Waals surface area contributed by atoms with Gasteiger partial charge in [-0.05, 0) is 13.3 Å². The summed E-state index contributed by atoms with van der Waals surface area (Å²) in [7, 11) is 2.03. The van der Waals surface area contributed by atoms with Crippen molar-refractivity contribution in [3.8, 4) is 0 Å². The molecule has 4 nitrogen and oxygen atoms in total. The van der Waals surface area contributed by atoms with Gasteiger partial charge in [0.2, 0.25) is 5.95 Å². The van der Waals surface area contributed by atoms with Crippen LogP contribution in [0.15, 0.2) is 6.20 Å². The third kappa shape index (κ3) is 1.54. The van der Waals surface area contributed by atoms with Gasteiger partial charge in [-0.2, -0.15) is 0 Å². The maximum absolute atomic E-state index is 5.84. The summed E-state index contributed by atoms with van der Waals surface area (Å²) in [5, 5.41) is 0. The van der Waals surface area contributed by atoms with Crippen molar-refractivity contribution < 1.29 is 0 Å². The predicted octanol–water partition coefficient (Wildman–Crippen LogP) is 0.266. The van der Waals surface area contributed by atoms with Crippen LogP contribution in [0.25, 0.3) is 0 Å². The molecule has 1 atom stereocenters. The Morgan fingerprint density at radius 1 is 1.62 bits per heavy atom. The van der Waals surface area contributed by atoms with Gasteiger partial charge in [-0.1, -0.05) is 0 Å². The van der Waals surface area contributed by atoms with Crippen molar-refractivity contribution in [2.75, 3.05) is 18.0 Å². The second-order valence-corrected chi connectivity index (χ2v) is 3.79. The molecular formula is C9H16N4. The number of anilines is 1. The zero-order valence-electron chi connectivity index (χ0n) is 8.20. The van der Waals surface area contributed by atoms with Gasteiger partial charge in [-0.3, -0.25) is 0 Å². The first kappa shape index (κ1) is 8.56. The number of aryl methyl sites for hydroxylation is 2. The molecule has 1 fully saturated rings. The fourth-order valence-electron chi connectivity index (χ4n) is 1.87. The molecular weight excluding hydrogens is 164 g/mol. The smallest absolute Gasteiger partial charge is 0.205 e. The van der Waals surface area contributed by atoms with Gasteiger partial charge in [-0.15, -0.1) is 0 Å². The van der Waals surface area contributed by atoms with Gasteiger partial charge in [0.1, 0.15) is 0 Å². The Balaban J connectivity index is 2.20. The normalized spacial score (nSPS) is 22.7. The largest absolute Gasteiger partial charge is 0.341 e. The van der Waals surface area contributed by atoms with Crippen LogP contribution in [0.2, 0.25) is 0 Å². The number of hydrogen-bond donors (Lipinski definition) is 1. The van der Waals surface area contributed by atoms with Crippen molar-refractivity contribution in [1.29, 1.82) is 0 Å². The van der Waals surface area contributed by atoms with Crippen molar-refractivity contribution in [1.82, 2.24) is 9.55 Å². The number of hydrogen-bond acceptors (Lipinski definition) is 3. The van der Waals surface area contributed by atoms with Crippen LogP contribution < -0.4 is 10.6 Å². The lowest BCUT2D eigenvalue weighted by molar-refractivity contribution is 0.746. The highest BCUT2D eigenvalue weighted by atomic mass is 15.3. The second-order valence-electron chi connectivity index (χ2n) is 3.79. The third-order valence-corrected chi connectivity index (χ3v) is 2.48. The summed E-state index contributed by atoms with van der Waals surface area (Å²) in [4.78, 5) is 6.71. The quantitative estimate of drug-likeness (QED) is 0.674. The Morgan fingerprint density at radius 2 is 2.38 bits per heavy atom. The van der Waals surface area contributed by atoms with E-state index in [0.717, 1.165) is 31.2 Å². The minimum Gasteiger partial charge on any atom is -0.341 e. The van der Waals surface area contributed by atoms with Gasteiger partial charge in [0.05, 0.1) is 5.69 Å². The third-order valence-electron chi connectivity index (χ3n) is 2.48. The van der Waals surface area contributed by atoms with Crippen LogP contribution in [0.1, 0.15) is 12.1 Å². The molecule has 1 saturated heterocycles. The van der Waals surface area contributed by atoms with Gasteiger partial charge in [0, 0.05) is 32.4 Å². The molecule has 0 bridgehead atoms. The molecule has 0 amide bonds. The average molecular weight is 180 g/mol. The van der Waals surface area contributed by atoms with E-state index in [1.54, 1.807) is 0 Å². The summed E-state index contributed by atoms with van der Waals surface area (Å²) in [6.07, 6.45) is 3.12. The van der Waals surface area contributed by atoms with E-state index in [-0.39, 0.29) is 0 Å². The molecule has 0 radical (unpaired) electrons. The molecule has 0 saturated carbocycles. The topological polar surface area (TPSA) is 47.1 Å². The van der Waals surface area contributed by atoms with Gasteiger partial charge in [0.15, 0.2) is 0 Å². The summed E-state index contributed by atoms with van der Waals surface area (Å²) in [6, 6.07) is 0.317. The van der Waals surface area contributed by atoms with E-state index in [1.165, 1.54) is 0 Å². The molecule has 2 heterocycles. The van der Waals surface area contributed by atoms with Crippen molar-refractivity contribution in [2.24, 2.45) is 12.8 Å². The first-order valence-electron chi connectivity index (χ1n) is 4.67. The average Bonchev–Trinajstić information content (AvgIpc) is 2.58. The van der Waals surface area contributed by atoms with Crippen molar-refractivity contribution >= 4 is 5.95 Å². The molecule has 0 aromatic carbocycles. The number of nitrogens with zero attached hydrogens (tertiary/aromatic N) is 3. The zero-order chi connectivity index (χ0) is 9.42. The van der Waals surface area contributed by atoms with E-state index in [1.807, 2.05) is 20.2 Å². The van der Waals surface area contributed by atoms with Gasteiger partial charge < -0.3 is 15.2 Å². The molecule has 2 N–H and O–H groups in total. The van der Waals surface area contributed by atoms with E-state index >= 15 is 0 Å². The van der Waals surface area contributed by atoms with Crippen LogP contribution >= 0.6 is 0 Å². The summed E-state index contributed by atoms with van der Waals surface area (Å²) in [5.41, 5.74) is 6.91. The molecule has 1 aromatic rings. The van der Waals surface area contributed by atoms with Crippen LogP contribution in [0.3, 0.4) is 0 Å². The summed E-state index contributed by atoms with van der Waals surface area (Å²) in [5.74, 6) is 1.05. The lowest BCUT2D eigenvalue weighted by atomic mass is 10.3. The van der Waals surface area contributed by atoms with Crippen LogP contribution in [0, 0.1) is 6.92 Å². The SMILES string of the molecule is Cc1cn(C)c(N2CCC(N)C2)n1. The monoisotopic (exact) mass is 180 g/mol. The summed E-state index contributed by atoms with van der Waals surface area (Å²) < 4.78 is 2.06. The van der Waals surface area contributed by atoms with E-state index in [0.29, 0.717) is 6.04 Å². The number of rotatable bonds is 1. The van der Waals surface area contributed by atoms with E-state index in [9.17, 15) is 0 Å². The number of imidazole rings is 1. The Morgan fingerprint density at radius 3 is 2.85 bits per heavy atom. The highest BCUT2D eigenvalue weighted by Gasteiger charge is 2.22. The fraction of sp³-hybridized carbons (Fsp3) is 0.667. The molecule has 2 rings (SSSR count). The second kappa shape index (κ2) is 3.03. The molecule has 13 heavy (non-hydrogen) atoms. The van der Waals surface area contributed by atoms with Crippen molar-refractivity contribution in [2.45, 2.75) is 19.4 Å². The van der Waals surface area contributed by atoms with Gasteiger partial charge in [0.25, 0.3) is 0 Å². The lowest BCUT2D eigenvalue weighted by Gasteiger charge is -2.16. The van der Waals surface area contributed by atoms with Crippen LogP contribution in [0.4, 0.5) is 5.95 Å². The van der Waals surface area contributed by atoms with E-state index < -0.39 is 0 Å². The Hall–Kier alpha value is -1.03. The lowest BCUT2D eigenvalue weighted by Crippen LogP contribution is -2.27. The molecule has 0 spiro atoms. The molecule has 1 aliphatic rings. The molecule has 4 heteroatoms. The molecule has 72 valence electrons. The molecule has 1 unspecified atom stereocenters. The maximum atomic E-state index is 5.84. The van der Waals surface area contributed by atoms with Crippen LogP contribution in [-0.2, 0) is 7.05 Å². The number of nitrogens with two attached hydrogens (primary N) is 1. The van der Waals surface area contributed by atoms with Crippen LogP contribution in [-0.4, -0.2) is 28.7 Å². The molecule has 0 aliphatic carbocycles. The zero-order valence-corrected chi connectivity index (χ0v) is 8.20. The molecule has 1 aromatic heterocycles. The van der Waals surface area contributed by atoms with E-state index in [4.69, 9.17) is 5.73 Å². The number of aromatic nitrogens is 2. The first-order valence-corrected chi connectivity index (χ1v) is 4.67. The van der Waals surface area contributed by atoms with E-state index in [2.05, 4.69) is 14.5 Å². The maximum Gasteiger partial charge on any atom is 0.205 e. The fourth-order valence-corrected chi connectivity index (χ4v) is 1.87. The summed E-state index contributed by atoms with van der Waals surface area (Å²) in [6.45, 7) is 3.98. The van der Waals surface area contributed by atoms with Gasteiger partial charge in [-0.25, -0.2) is 4.98 Å². The Labute approximate surface area is 78.4 Å². The highest BCUT2D eigenvalue weighted by Crippen LogP contribution is 2.17. The highest BCUT2D eigenvalue weighted by molar-refractivity contribution is 5.35. The Bertz CT molecular complexity index is 305. The van der Waals surface area contributed by atoms with Crippen molar-refractivity contribution in [3.63, 3.8) is 0 Å². The summed E-state index contributed by atoms with van der Waals surface area (Å²) >= 11 is 0. The minimum atomic E-state index is 0.317. The van der Waals surface area contributed by atoms with Crippen molar-refractivity contribution in [3.05, 3.63) is 11.9 Å². The van der Waals surface area contributed by atoms with Crippen LogP contribution in [0.5, 0.6) is 0 Å².